The predicted molar refractivity (Wildman–Crippen MR) is 224 cm³/mol. The molecule has 0 aliphatic carbocycles. The van der Waals surface area contributed by atoms with Gasteiger partial charge in [0.2, 0.25) is 0 Å². The molecule has 1 rings (SSSR count). The van der Waals surface area contributed by atoms with E-state index in [1.54, 1.807) is 0 Å². The summed E-state index contributed by atoms with van der Waals surface area (Å²) in [5.41, 5.74) is 1.93. The van der Waals surface area contributed by atoms with Crippen LogP contribution in [-0.4, -0.2) is 42.8 Å². The first-order valence-electron chi connectivity index (χ1n) is 20.3. The standard InChI is InChI=1S/C42H72O7S3/c1-7-13-16-30(10-4)27-47-39(43)22-19-36(50)33-25-34(37(51)20-23-40(44)48-28-31(11-5)17-14-8-2)42(46)35(26-33)38(52)21-24-41(45)49-29-32(12-6)18-15-9-3/h25-26,30-32,36-38,46,50-52H,7-24,27-29H2,1-6H3. The Hall–Kier alpha value is -1.52. The number of benzene rings is 1. The number of unbranched alkanes of at least 4 members (excludes halogenated alkanes) is 3. The van der Waals surface area contributed by atoms with Crippen molar-refractivity contribution in [1.82, 2.24) is 0 Å². The Morgan fingerprint density at radius 3 is 1.13 bits per heavy atom. The summed E-state index contributed by atoms with van der Waals surface area (Å²) in [6.07, 6.45) is 14.5. The maximum absolute atomic E-state index is 12.7. The molecule has 6 unspecified atom stereocenters. The fraction of sp³-hybridized carbons (Fsp3) is 0.786. The van der Waals surface area contributed by atoms with Crippen molar-refractivity contribution in [2.75, 3.05) is 19.8 Å². The summed E-state index contributed by atoms with van der Waals surface area (Å²) in [5, 5.41) is 10.3. The number of phenols is 1. The second kappa shape index (κ2) is 28.9. The van der Waals surface area contributed by atoms with E-state index in [2.05, 4.69) is 41.5 Å². The highest BCUT2D eigenvalue weighted by molar-refractivity contribution is 7.81. The van der Waals surface area contributed by atoms with Crippen LogP contribution in [0.25, 0.3) is 0 Å². The number of carbonyl (C=O) groups excluding carboxylic acids is 3. The van der Waals surface area contributed by atoms with E-state index in [1.807, 2.05) is 12.1 Å². The molecule has 300 valence electrons. The van der Waals surface area contributed by atoms with Gasteiger partial charge in [-0.25, -0.2) is 0 Å². The third kappa shape index (κ3) is 19.7. The largest absolute Gasteiger partial charge is 0.507 e. The maximum Gasteiger partial charge on any atom is 0.305 e. The molecule has 0 radical (unpaired) electrons. The number of esters is 3. The molecule has 7 nitrogen and oxygen atoms in total. The van der Waals surface area contributed by atoms with Crippen molar-refractivity contribution in [3.63, 3.8) is 0 Å². The fourth-order valence-electron chi connectivity index (χ4n) is 6.19. The van der Waals surface area contributed by atoms with Crippen LogP contribution in [0.2, 0.25) is 0 Å². The monoisotopic (exact) mass is 784 g/mol. The van der Waals surface area contributed by atoms with E-state index in [4.69, 9.17) is 52.1 Å². The molecule has 0 aromatic heterocycles. The van der Waals surface area contributed by atoms with Crippen LogP contribution in [0.1, 0.15) is 190 Å². The normalized spacial score (nSPS) is 14.9. The van der Waals surface area contributed by atoms with Crippen LogP contribution in [0.15, 0.2) is 12.1 Å². The minimum absolute atomic E-state index is 0.0411. The van der Waals surface area contributed by atoms with Gasteiger partial charge >= 0.3 is 17.9 Å². The zero-order chi connectivity index (χ0) is 38.9. The van der Waals surface area contributed by atoms with Gasteiger partial charge in [-0.3, -0.25) is 14.4 Å². The van der Waals surface area contributed by atoms with E-state index < -0.39 is 10.5 Å². The Kier molecular flexibility index (Phi) is 26.9. The van der Waals surface area contributed by atoms with Crippen molar-refractivity contribution in [2.45, 2.75) is 173 Å². The summed E-state index contributed by atoms with van der Waals surface area (Å²) >= 11 is 14.5. The van der Waals surface area contributed by atoms with Crippen molar-refractivity contribution < 1.29 is 33.7 Å². The molecule has 1 aromatic rings. The van der Waals surface area contributed by atoms with Gasteiger partial charge in [0.1, 0.15) is 5.75 Å². The molecule has 0 spiro atoms. The lowest BCUT2D eigenvalue weighted by Crippen LogP contribution is -2.15. The van der Waals surface area contributed by atoms with Crippen LogP contribution < -0.4 is 0 Å². The van der Waals surface area contributed by atoms with Gasteiger partial charge in [-0.2, -0.15) is 37.9 Å². The van der Waals surface area contributed by atoms with E-state index in [9.17, 15) is 19.5 Å². The fourth-order valence-corrected chi connectivity index (χ4v) is 7.12. The zero-order valence-corrected chi connectivity index (χ0v) is 35.9. The van der Waals surface area contributed by atoms with Gasteiger partial charge in [-0.1, -0.05) is 99.3 Å². The SMILES string of the molecule is CCCCC(CC)COC(=O)CCC(S)c1cc(C(S)CCC(=O)OCC(CC)CCCC)c(O)c(C(S)CCC(=O)OCC(CC)CCCC)c1. The molecule has 6 atom stereocenters. The molecule has 0 saturated carbocycles. The average Bonchev–Trinajstić information content (AvgIpc) is 3.15. The molecule has 0 heterocycles. The summed E-state index contributed by atoms with van der Waals surface area (Å²) in [6, 6.07) is 3.72. The lowest BCUT2D eigenvalue weighted by atomic mass is 9.94. The molecule has 0 bridgehead atoms. The molecule has 0 aliphatic rings. The van der Waals surface area contributed by atoms with E-state index in [-0.39, 0.29) is 48.2 Å². The smallest absolute Gasteiger partial charge is 0.305 e. The topological polar surface area (TPSA) is 99.1 Å². The number of rotatable bonds is 30. The Morgan fingerprint density at radius 1 is 0.538 bits per heavy atom. The average molecular weight is 785 g/mol. The lowest BCUT2D eigenvalue weighted by molar-refractivity contribution is -0.146. The summed E-state index contributed by atoms with van der Waals surface area (Å²) in [4.78, 5) is 38.1. The van der Waals surface area contributed by atoms with Crippen molar-refractivity contribution >= 4 is 55.8 Å². The van der Waals surface area contributed by atoms with E-state index in [1.165, 1.54) is 0 Å². The number of aromatic hydroxyl groups is 1. The molecule has 0 saturated heterocycles. The quantitative estimate of drug-likeness (QED) is 0.0350. The van der Waals surface area contributed by atoms with Crippen molar-refractivity contribution in [3.05, 3.63) is 28.8 Å². The van der Waals surface area contributed by atoms with Gasteiger partial charge in [0, 0.05) is 46.1 Å². The number of phenolic OH excluding ortho intramolecular Hbond substituents is 1. The maximum atomic E-state index is 12.7. The van der Waals surface area contributed by atoms with Gasteiger partial charge in [0.15, 0.2) is 0 Å². The molecule has 52 heavy (non-hydrogen) atoms. The minimum atomic E-state index is -0.465. The first-order chi connectivity index (χ1) is 24.9. The van der Waals surface area contributed by atoms with E-state index in [0.29, 0.717) is 68.0 Å². The van der Waals surface area contributed by atoms with Gasteiger partial charge in [0.05, 0.1) is 19.8 Å². The third-order valence-electron chi connectivity index (χ3n) is 10.2. The number of thiol groups is 3. The number of ether oxygens (including phenoxy) is 3. The third-order valence-corrected chi connectivity index (χ3v) is 11.9. The molecule has 0 aliphatic heterocycles. The number of hydrogen-bond donors (Lipinski definition) is 4. The summed E-state index contributed by atoms with van der Waals surface area (Å²) < 4.78 is 16.9. The van der Waals surface area contributed by atoms with Gasteiger partial charge in [0.25, 0.3) is 0 Å². The van der Waals surface area contributed by atoms with Crippen LogP contribution in [-0.2, 0) is 28.6 Å². The van der Waals surface area contributed by atoms with Crippen molar-refractivity contribution in [2.24, 2.45) is 17.8 Å². The van der Waals surface area contributed by atoms with Gasteiger partial charge < -0.3 is 19.3 Å². The first-order valence-corrected chi connectivity index (χ1v) is 21.9. The molecule has 1 N–H and O–H groups in total. The predicted octanol–water partition coefficient (Wildman–Crippen LogP) is 11.9. The molecule has 0 amide bonds. The summed E-state index contributed by atoms with van der Waals surface area (Å²) in [6.45, 7) is 14.1. The Morgan fingerprint density at radius 2 is 0.846 bits per heavy atom. The van der Waals surface area contributed by atoms with Gasteiger partial charge in [-0.15, -0.1) is 0 Å². The van der Waals surface area contributed by atoms with E-state index in [0.717, 1.165) is 82.6 Å². The molecular weight excluding hydrogens is 713 g/mol. The Labute approximate surface area is 333 Å². The molecule has 10 heteroatoms. The summed E-state index contributed by atoms with van der Waals surface area (Å²) in [5.74, 6) is 0.328. The highest BCUT2D eigenvalue weighted by Crippen LogP contribution is 2.43. The second-order valence-electron chi connectivity index (χ2n) is 14.5. The first kappa shape index (κ1) is 48.5. The number of hydrogen-bond acceptors (Lipinski definition) is 10. The number of carbonyl (C=O) groups is 3. The van der Waals surface area contributed by atoms with Crippen LogP contribution in [0.5, 0.6) is 5.75 Å². The van der Waals surface area contributed by atoms with Crippen molar-refractivity contribution in [1.29, 1.82) is 0 Å². The highest BCUT2D eigenvalue weighted by atomic mass is 32.1. The van der Waals surface area contributed by atoms with Crippen LogP contribution in [0.4, 0.5) is 0 Å². The zero-order valence-electron chi connectivity index (χ0n) is 33.2. The lowest BCUT2D eigenvalue weighted by Gasteiger charge is -2.22. The van der Waals surface area contributed by atoms with Crippen LogP contribution >= 0.6 is 37.9 Å². The molecular formula is C42H72O7S3. The van der Waals surface area contributed by atoms with Crippen molar-refractivity contribution in [3.8, 4) is 5.75 Å². The molecule has 0 fully saturated rings. The minimum Gasteiger partial charge on any atom is -0.507 e. The highest BCUT2D eigenvalue weighted by Gasteiger charge is 2.24. The Balaban J connectivity index is 3.08. The van der Waals surface area contributed by atoms with E-state index >= 15 is 0 Å². The molecule has 1 aromatic carbocycles. The Bertz CT molecular complexity index is 1080. The van der Waals surface area contributed by atoms with Gasteiger partial charge in [-0.05, 0) is 74.0 Å². The second-order valence-corrected chi connectivity index (χ2v) is 16.4. The van der Waals surface area contributed by atoms with Crippen LogP contribution in [0, 0.1) is 17.8 Å². The van der Waals surface area contributed by atoms with Crippen LogP contribution in [0.3, 0.4) is 0 Å². The summed E-state index contributed by atoms with van der Waals surface area (Å²) in [7, 11) is 0.